The van der Waals surface area contributed by atoms with E-state index in [0.29, 0.717) is 0 Å². The standard InChI is InChI=1S/C6H4ClFN2O2/c7-5-1-3(8)4(2-10-5)12-6(9)11/h1-2H,(H2,9,11). The number of nitrogens with two attached hydrogens (primary N) is 1. The Labute approximate surface area is 72.1 Å². The van der Waals surface area contributed by atoms with Crippen LogP contribution < -0.4 is 10.5 Å². The lowest BCUT2D eigenvalue weighted by Crippen LogP contribution is -2.17. The molecular formula is C6H4ClFN2O2. The topological polar surface area (TPSA) is 65.2 Å². The number of halogens is 2. The van der Waals surface area contributed by atoms with E-state index in [2.05, 4.69) is 15.5 Å². The fourth-order valence-electron chi connectivity index (χ4n) is 0.578. The van der Waals surface area contributed by atoms with Crippen LogP contribution in [0, 0.1) is 5.82 Å². The Balaban J connectivity index is 2.93. The molecular weight excluding hydrogens is 187 g/mol. The van der Waals surface area contributed by atoms with Crippen molar-refractivity contribution in [1.82, 2.24) is 4.98 Å². The maximum atomic E-state index is 12.8. The fraction of sp³-hybridized carbons (Fsp3) is 0. The van der Waals surface area contributed by atoms with Gasteiger partial charge in [0.25, 0.3) is 0 Å². The van der Waals surface area contributed by atoms with E-state index >= 15 is 0 Å². The van der Waals surface area contributed by atoms with Crippen molar-refractivity contribution in [3.8, 4) is 5.75 Å². The summed E-state index contributed by atoms with van der Waals surface area (Å²) in [5.41, 5.74) is 4.64. The van der Waals surface area contributed by atoms with Gasteiger partial charge < -0.3 is 10.5 Å². The molecule has 0 aromatic carbocycles. The quantitative estimate of drug-likeness (QED) is 0.680. The second-order valence-corrected chi connectivity index (χ2v) is 2.25. The largest absolute Gasteiger partial charge is 0.410 e. The highest BCUT2D eigenvalue weighted by atomic mass is 35.5. The zero-order valence-corrected chi connectivity index (χ0v) is 6.51. The van der Waals surface area contributed by atoms with Gasteiger partial charge in [-0.05, 0) is 0 Å². The molecule has 0 spiro atoms. The summed E-state index contributed by atoms with van der Waals surface area (Å²) in [5.74, 6) is -1.12. The van der Waals surface area contributed by atoms with Gasteiger partial charge in [0.2, 0.25) is 0 Å². The molecule has 1 amide bonds. The van der Waals surface area contributed by atoms with Crippen LogP contribution in [0.25, 0.3) is 0 Å². The monoisotopic (exact) mass is 190 g/mol. The van der Waals surface area contributed by atoms with Crippen LogP contribution in [-0.4, -0.2) is 11.1 Å². The summed E-state index contributed by atoms with van der Waals surface area (Å²) in [4.78, 5) is 13.7. The Bertz CT molecular complexity index is 318. The molecule has 0 unspecified atom stereocenters. The number of carbonyl (C=O) groups excluding carboxylic acids is 1. The van der Waals surface area contributed by atoms with Gasteiger partial charge in [0.1, 0.15) is 5.15 Å². The maximum absolute atomic E-state index is 12.8. The second kappa shape index (κ2) is 3.36. The normalized spacial score (nSPS) is 9.50. The summed E-state index contributed by atoms with van der Waals surface area (Å²) in [6.07, 6.45) is -0.124. The van der Waals surface area contributed by atoms with Gasteiger partial charge in [-0.1, -0.05) is 11.6 Å². The first-order valence-electron chi connectivity index (χ1n) is 2.88. The van der Waals surface area contributed by atoms with Crippen LogP contribution in [0.3, 0.4) is 0 Å². The van der Waals surface area contributed by atoms with Crippen molar-refractivity contribution < 1.29 is 13.9 Å². The number of pyridine rings is 1. The van der Waals surface area contributed by atoms with Gasteiger partial charge >= 0.3 is 6.09 Å². The van der Waals surface area contributed by atoms with Crippen molar-refractivity contribution >= 4 is 17.7 Å². The first kappa shape index (κ1) is 8.73. The molecule has 0 radical (unpaired) electrons. The van der Waals surface area contributed by atoms with E-state index in [4.69, 9.17) is 11.6 Å². The van der Waals surface area contributed by atoms with Crippen LogP contribution in [0.1, 0.15) is 0 Å². The van der Waals surface area contributed by atoms with Crippen LogP contribution in [0.2, 0.25) is 5.15 Å². The molecule has 0 saturated heterocycles. The summed E-state index contributed by atoms with van der Waals surface area (Å²) < 4.78 is 17.0. The Morgan fingerprint density at radius 2 is 2.42 bits per heavy atom. The number of hydrogen-bond acceptors (Lipinski definition) is 3. The van der Waals surface area contributed by atoms with Crippen LogP contribution in [0.4, 0.5) is 9.18 Å². The third-order valence-corrected chi connectivity index (χ3v) is 1.20. The summed E-state index contributed by atoms with van der Waals surface area (Å²) in [6, 6.07) is 0.916. The van der Waals surface area contributed by atoms with Crippen LogP contribution in [0.15, 0.2) is 12.3 Å². The first-order chi connectivity index (χ1) is 5.59. The average Bonchev–Trinajstić information content (AvgIpc) is 1.94. The minimum atomic E-state index is -1.10. The van der Waals surface area contributed by atoms with Gasteiger partial charge in [0.05, 0.1) is 6.20 Å². The molecule has 0 aliphatic heterocycles. The van der Waals surface area contributed by atoms with Crippen LogP contribution in [0.5, 0.6) is 5.75 Å². The lowest BCUT2D eigenvalue weighted by Gasteiger charge is -2.00. The summed E-state index contributed by atoms with van der Waals surface area (Å²) in [6.45, 7) is 0. The molecule has 12 heavy (non-hydrogen) atoms. The lowest BCUT2D eigenvalue weighted by atomic mass is 10.4. The predicted octanol–water partition coefficient (Wildman–Crippen LogP) is 1.33. The average molecular weight is 191 g/mol. The number of ether oxygens (including phenoxy) is 1. The van der Waals surface area contributed by atoms with E-state index in [9.17, 15) is 9.18 Å². The van der Waals surface area contributed by atoms with Gasteiger partial charge in [-0.25, -0.2) is 14.2 Å². The molecule has 0 atom stereocenters. The molecule has 4 nitrogen and oxygen atoms in total. The van der Waals surface area contributed by atoms with Crippen molar-refractivity contribution in [3.63, 3.8) is 0 Å². The number of hydrogen-bond donors (Lipinski definition) is 1. The van der Waals surface area contributed by atoms with Gasteiger partial charge in [0, 0.05) is 6.07 Å². The van der Waals surface area contributed by atoms with Crippen LogP contribution in [-0.2, 0) is 0 Å². The van der Waals surface area contributed by atoms with E-state index < -0.39 is 11.9 Å². The number of nitrogens with zero attached hydrogens (tertiary/aromatic N) is 1. The van der Waals surface area contributed by atoms with Crippen molar-refractivity contribution in [2.75, 3.05) is 0 Å². The minimum absolute atomic E-state index is 0.0238. The van der Waals surface area contributed by atoms with Gasteiger partial charge in [0.15, 0.2) is 11.6 Å². The van der Waals surface area contributed by atoms with Crippen LogP contribution >= 0.6 is 11.6 Å². The Kier molecular flexibility index (Phi) is 2.44. The molecule has 0 saturated carbocycles. The third kappa shape index (κ3) is 2.06. The highest BCUT2D eigenvalue weighted by molar-refractivity contribution is 6.29. The molecule has 0 bridgehead atoms. The first-order valence-corrected chi connectivity index (χ1v) is 3.25. The van der Waals surface area contributed by atoms with E-state index in [0.717, 1.165) is 12.3 Å². The van der Waals surface area contributed by atoms with E-state index in [1.165, 1.54) is 0 Å². The summed E-state index contributed by atoms with van der Waals surface area (Å²) >= 11 is 5.33. The highest BCUT2D eigenvalue weighted by Gasteiger charge is 2.07. The van der Waals surface area contributed by atoms with E-state index in [-0.39, 0.29) is 10.9 Å². The van der Waals surface area contributed by atoms with E-state index in [1.54, 1.807) is 0 Å². The van der Waals surface area contributed by atoms with Gasteiger partial charge in [-0.15, -0.1) is 0 Å². The molecule has 0 aliphatic rings. The molecule has 1 aromatic rings. The molecule has 1 heterocycles. The van der Waals surface area contributed by atoms with E-state index in [1.807, 2.05) is 0 Å². The molecule has 64 valence electrons. The molecule has 2 N–H and O–H groups in total. The van der Waals surface area contributed by atoms with Crippen molar-refractivity contribution in [1.29, 1.82) is 0 Å². The van der Waals surface area contributed by atoms with Crippen molar-refractivity contribution in [3.05, 3.63) is 23.2 Å². The zero-order chi connectivity index (χ0) is 9.14. The smallest absolute Gasteiger partial charge is 0.406 e. The number of rotatable bonds is 1. The fourth-order valence-corrected chi connectivity index (χ4v) is 0.723. The molecule has 6 heteroatoms. The Hall–Kier alpha value is -1.36. The molecule has 0 fully saturated rings. The Morgan fingerprint density at radius 3 is 2.92 bits per heavy atom. The third-order valence-electron chi connectivity index (χ3n) is 0.997. The van der Waals surface area contributed by atoms with Gasteiger partial charge in [-0.2, -0.15) is 0 Å². The maximum Gasteiger partial charge on any atom is 0.410 e. The van der Waals surface area contributed by atoms with Gasteiger partial charge in [-0.3, -0.25) is 0 Å². The number of carbonyl (C=O) groups is 1. The van der Waals surface area contributed by atoms with Crippen molar-refractivity contribution in [2.45, 2.75) is 0 Å². The number of primary amides is 1. The molecule has 1 rings (SSSR count). The van der Waals surface area contributed by atoms with Crippen molar-refractivity contribution in [2.24, 2.45) is 5.73 Å². The summed E-state index contributed by atoms with van der Waals surface area (Å²) in [5, 5.41) is -0.0238. The molecule has 0 aliphatic carbocycles. The number of aromatic nitrogens is 1. The highest BCUT2D eigenvalue weighted by Crippen LogP contribution is 2.17. The molecule has 1 aromatic heterocycles. The Morgan fingerprint density at radius 1 is 1.75 bits per heavy atom. The second-order valence-electron chi connectivity index (χ2n) is 1.86. The summed E-state index contributed by atoms with van der Waals surface area (Å²) in [7, 11) is 0. The predicted molar refractivity (Wildman–Crippen MR) is 39.4 cm³/mol. The zero-order valence-electron chi connectivity index (χ0n) is 5.75. The SMILES string of the molecule is NC(=O)Oc1cnc(Cl)cc1F. The lowest BCUT2D eigenvalue weighted by molar-refractivity contribution is 0.208. The minimum Gasteiger partial charge on any atom is -0.406 e. The number of amides is 1.